The number of nitrogens with two attached hydrogens (primary N) is 1. The number of thiophene rings is 1. The highest BCUT2D eigenvalue weighted by Crippen LogP contribution is 2.40. The third kappa shape index (κ3) is 4.30. The molecule has 0 radical (unpaired) electrons. The number of hydrogen-bond donors (Lipinski definition) is 2. The first kappa shape index (κ1) is 16.5. The molecule has 1 aromatic rings. The maximum Gasteiger partial charge on any atom is 0.261 e. The molecule has 118 valence electrons. The van der Waals surface area contributed by atoms with Crippen LogP contribution in [0, 0.1) is 11.3 Å². The maximum absolute atomic E-state index is 12.2. The Morgan fingerprint density at radius 3 is 2.86 bits per heavy atom. The van der Waals surface area contributed by atoms with Gasteiger partial charge in [-0.1, -0.05) is 20.8 Å². The normalized spacial score (nSPS) is 18.4. The summed E-state index contributed by atoms with van der Waals surface area (Å²) < 4.78 is 0. The number of hydrogen-bond acceptors (Lipinski definition) is 3. The third-order valence-corrected chi connectivity index (χ3v) is 5.68. The first-order valence-electron chi connectivity index (χ1n) is 8.01. The lowest BCUT2D eigenvalue weighted by Gasteiger charge is -2.33. The molecular formula is C17H28N2OS. The van der Waals surface area contributed by atoms with Crippen molar-refractivity contribution in [3.05, 3.63) is 21.4 Å². The van der Waals surface area contributed by atoms with Crippen LogP contribution in [0.15, 0.2) is 6.07 Å². The predicted octanol–water partition coefficient (Wildman–Crippen LogP) is 3.37. The molecule has 0 saturated carbocycles. The summed E-state index contributed by atoms with van der Waals surface area (Å²) in [4.78, 5) is 14.5. The van der Waals surface area contributed by atoms with Crippen LogP contribution >= 0.6 is 11.3 Å². The van der Waals surface area contributed by atoms with E-state index in [0.717, 1.165) is 43.0 Å². The number of carbonyl (C=O) groups excluding carboxylic acids is 1. The minimum absolute atomic E-state index is 0.0822. The van der Waals surface area contributed by atoms with Crippen molar-refractivity contribution in [2.45, 2.75) is 52.9 Å². The van der Waals surface area contributed by atoms with E-state index in [1.54, 1.807) is 11.3 Å². The van der Waals surface area contributed by atoms with Crippen molar-refractivity contribution in [2.24, 2.45) is 17.1 Å². The van der Waals surface area contributed by atoms with Gasteiger partial charge in [0.2, 0.25) is 0 Å². The average Bonchev–Trinajstić information content (AvgIpc) is 2.85. The number of unbranched alkanes of at least 4 members (excludes halogenated alkanes) is 1. The number of aryl methyl sites for hydroxylation is 1. The van der Waals surface area contributed by atoms with E-state index in [2.05, 4.69) is 32.2 Å². The Labute approximate surface area is 132 Å². The van der Waals surface area contributed by atoms with Gasteiger partial charge < -0.3 is 11.1 Å². The van der Waals surface area contributed by atoms with E-state index in [0.29, 0.717) is 12.0 Å². The highest BCUT2D eigenvalue weighted by Gasteiger charge is 2.30. The van der Waals surface area contributed by atoms with Gasteiger partial charge in [0.1, 0.15) is 0 Å². The largest absolute Gasteiger partial charge is 0.351 e. The summed E-state index contributed by atoms with van der Waals surface area (Å²) in [5.74, 6) is 0.804. The Kier molecular flexibility index (Phi) is 5.44. The van der Waals surface area contributed by atoms with Gasteiger partial charge in [0.25, 0.3) is 5.91 Å². The first-order valence-corrected chi connectivity index (χ1v) is 8.83. The molecule has 0 fully saturated rings. The van der Waals surface area contributed by atoms with E-state index in [9.17, 15) is 4.79 Å². The van der Waals surface area contributed by atoms with E-state index in [1.807, 2.05) is 0 Å². The molecule has 1 unspecified atom stereocenters. The molecule has 1 atom stereocenters. The average molecular weight is 308 g/mol. The molecule has 4 heteroatoms. The lowest BCUT2D eigenvalue weighted by atomic mass is 9.72. The Hall–Kier alpha value is -0.870. The van der Waals surface area contributed by atoms with E-state index >= 15 is 0 Å². The molecule has 21 heavy (non-hydrogen) atoms. The summed E-state index contributed by atoms with van der Waals surface area (Å²) in [5, 5.41) is 3.00. The van der Waals surface area contributed by atoms with Gasteiger partial charge >= 0.3 is 0 Å². The van der Waals surface area contributed by atoms with Gasteiger partial charge in [-0.25, -0.2) is 0 Å². The van der Waals surface area contributed by atoms with Gasteiger partial charge in [0.15, 0.2) is 0 Å². The van der Waals surface area contributed by atoms with Gasteiger partial charge in [-0.05, 0) is 61.6 Å². The Morgan fingerprint density at radius 2 is 2.19 bits per heavy atom. The van der Waals surface area contributed by atoms with Crippen LogP contribution in [0.2, 0.25) is 0 Å². The van der Waals surface area contributed by atoms with E-state index in [4.69, 9.17) is 5.73 Å². The molecule has 0 aliphatic heterocycles. The summed E-state index contributed by atoms with van der Waals surface area (Å²) in [7, 11) is 0. The van der Waals surface area contributed by atoms with Crippen LogP contribution in [0.3, 0.4) is 0 Å². The van der Waals surface area contributed by atoms with Gasteiger partial charge in [-0.2, -0.15) is 0 Å². The topological polar surface area (TPSA) is 55.1 Å². The highest BCUT2D eigenvalue weighted by molar-refractivity contribution is 7.14. The quantitative estimate of drug-likeness (QED) is 0.819. The van der Waals surface area contributed by atoms with Crippen LogP contribution in [-0.4, -0.2) is 19.0 Å². The van der Waals surface area contributed by atoms with Gasteiger partial charge in [0, 0.05) is 11.4 Å². The molecule has 1 amide bonds. The summed E-state index contributed by atoms with van der Waals surface area (Å²) in [6.45, 7) is 8.38. The fourth-order valence-electron chi connectivity index (χ4n) is 2.93. The summed E-state index contributed by atoms with van der Waals surface area (Å²) in [5.41, 5.74) is 7.21. The monoisotopic (exact) mass is 308 g/mol. The summed E-state index contributed by atoms with van der Waals surface area (Å²) in [6.07, 6.45) is 5.42. The maximum atomic E-state index is 12.2. The van der Waals surface area contributed by atoms with Gasteiger partial charge in [-0.15, -0.1) is 11.3 Å². The second-order valence-electron chi connectivity index (χ2n) is 7.12. The summed E-state index contributed by atoms with van der Waals surface area (Å²) >= 11 is 1.68. The van der Waals surface area contributed by atoms with E-state index < -0.39 is 0 Å². The third-order valence-electron chi connectivity index (χ3n) is 4.45. The van der Waals surface area contributed by atoms with Crippen LogP contribution in [-0.2, 0) is 12.8 Å². The van der Waals surface area contributed by atoms with Crippen LogP contribution < -0.4 is 11.1 Å². The second-order valence-corrected chi connectivity index (χ2v) is 8.25. The van der Waals surface area contributed by atoms with Crippen molar-refractivity contribution in [1.29, 1.82) is 0 Å². The van der Waals surface area contributed by atoms with Crippen LogP contribution in [0.1, 0.15) is 60.1 Å². The fraction of sp³-hybridized carbons (Fsp3) is 0.706. The van der Waals surface area contributed by atoms with Crippen LogP contribution in [0.4, 0.5) is 0 Å². The second kappa shape index (κ2) is 6.93. The SMILES string of the molecule is CC(C)(C)C1CCc2sc(C(=O)NCCCCN)cc2C1. The minimum atomic E-state index is 0.0822. The van der Waals surface area contributed by atoms with Crippen molar-refractivity contribution < 1.29 is 4.79 Å². The molecule has 1 aliphatic rings. The zero-order valence-electron chi connectivity index (χ0n) is 13.5. The number of fused-ring (bicyclic) bond motifs is 1. The first-order chi connectivity index (χ1) is 9.91. The zero-order chi connectivity index (χ0) is 15.5. The molecule has 0 spiro atoms. The van der Waals surface area contributed by atoms with Crippen molar-refractivity contribution >= 4 is 17.2 Å². The standard InChI is InChI=1S/C17H28N2OS/c1-17(2,3)13-6-7-14-12(10-13)11-15(21-14)16(20)19-9-5-4-8-18/h11,13H,4-10,18H2,1-3H3,(H,19,20). The number of carbonyl (C=O) groups is 1. The van der Waals surface area contributed by atoms with Gasteiger partial charge in [-0.3, -0.25) is 4.79 Å². The Bertz CT molecular complexity index is 487. The highest BCUT2D eigenvalue weighted by atomic mass is 32.1. The van der Waals surface area contributed by atoms with Gasteiger partial charge in [0.05, 0.1) is 4.88 Å². The Morgan fingerprint density at radius 1 is 1.43 bits per heavy atom. The molecule has 1 aliphatic carbocycles. The van der Waals surface area contributed by atoms with Crippen molar-refractivity contribution in [1.82, 2.24) is 5.32 Å². The van der Waals surface area contributed by atoms with Crippen LogP contribution in [0.25, 0.3) is 0 Å². The lowest BCUT2D eigenvalue weighted by Crippen LogP contribution is -2.26. The molecule has 3 N–H and O–H groups in total. The number of nitrogens with one attached hydrogen (secondary N) is 1. The lowest BCUT2D eigenvalue weighted by molar-refractivity contribution is 0.0957. The zero-order valence-corrected chi connectivity index (χ0v) is 14.3. The molecule has 2 rings (SSSR count). The van der Waals surface area contributed by atoms with Crippen molar-refractivity contribution in [2.75, 3.05) is 13.1 Å². The summed E-state index contributed by atoms with van der Waals surface area (Å²) in [6, 6.07) is 2.12. The minimum Gasteiger partial charge on any atom is -0.351 e. The van der Waals surface area contributed by atoms with Crippen molar-refractivity contribution in [3.8, 4) is 0 Å². The molecule has 1 aromatic heterocycles. The molecule has 0 aromatic carbocycles. The smallest absolute Gasteiger partial charge is 0.261 e. The predicted molar refractivity (Wildman–Crippen MR) is 89.9 cm³/mol. The molecule has 1 heterocycles. The van der Waals surface area contributed by atoms with Crippen molar-refractivity contribution in [3.63, 3.8) is 0 Å². The number of amides is 1. The van der Waals surface area contributed by atoms with E-state index in [1.165, 1.54) is 16.9 Å². The molecular weight excluding hydrogens is 280 g/mol. The Balaban J connectivity index is 1.96. The molecule has 0 bridgehead atoms. The number of rotatable bonds is 5. The molecule has 0 saturated heterocycles. The van der Waals surface area contributed by atoms with Crippen LogP contribution in [0.5, 0.6) is 0 Å². The molecule has 3 nitrogen and oxygen atoms in total. The fourth-order valence-corrected chi connectivity index (χ4v) is 4.06. The van der Waals surface area contributed by atoms with E-state index in [-0.39, 0.29) is 5.91 Å².